The van der Waals surface area contributed by atoms with E-state index >= 15 is 0 Å². The molecule has 6 nitrogen and oxygen atoms in total. The van der Waals surface area contributed by atoms with Crippen molar-refractivity contribution in [3.05, 3.63) is 83.9 Å². The fourth-order valence-corrected chi connectivity index (χ4v) is 4.93. The number of hydrogen-bond donors (Lipinski definition) is 0. The van der Waals surface area contributed by atoms with E-state index in [-0.39, 0.29) is 76.7 Å². The average molecular weight is 472 g/mol. The van der Waals surface area contributed by atoms with Gasteiger partial charge in [0.05, 0.1) is 9.79 Å². The number of rotatable bonds is 4. The molecule has 0 radical (unpaired) electrons. The summed E-state index contributed by atoms with van der Waals surface area (Å²) in [6, 6.07) is 19.5. The van der Waals surface area contributed by atoms with Crippen LogP contribution in [-0.4, -0.2) is 25.9 Å². The minimum Gasteiger partial charge on any atom is -0.744 e. The van der Waals surface area contributed by atoms with Crippen molar-refractivity contribution in [1.29, 1.82) is 0 Å². The Labute approximate surface area is 224 Å². The van der Waals surface area contributed by atoms with Crippen LogP contribution in [0.5, 0.6) is 0 Å². The van der Waals surface area contributed by atoms with Gasteiger partial charge in [0.25, 0.3) is 0 Å². The molecule has 0 heterocycles. The predicted octanol–water partition coefficient (Wildman–Crippen LogP) is -2.60. The van der Waals surface area contributed by atoms with E-state index in [0.29, 0.717) is 21.5 Å². The summed E-state index contributed by atoms with van der Waals surface area (Å²) in [5.74, 6) is 0. The molecule has 0 aromatic heterocycles. The van der Waals surface area contributed by atoms with Crippen LogP contribution in [0, 0.1) is 0 Å². The molecule has 148 valence electrons. The zero-order valence-electron chi connectivity index (χ0n) is 16.9. The smallest absolute Gasteiger partial charge is 0.744 e. The van der Waals surface area contributed by atoms with Crippen LogP contribution in [0.3, 0.4) is 0 Å². The van der Waals surface area contributed by atoms with Crippen molar-refractivity contribution in [3.8, 4) is 0 Å². The molecule has 0 aliphatic heterocycles. The van der Waals surface area contributed by atoms with E-state index in [1.54, 1.807) is 48.5 Å². The average Bonchev–Trinajstić information content (AvgIpc) is 2.65. The maximum absolute atomic E-state index is 11.8. The molecule has 0 unspecified atom stereocenters. The first-order valence-electron chi connectivity index (χ1n) is 8.58. The Balaban J connectivity index is 0.00000171. The first kappa shape index (κ1) is 26.5. The SMILES string of the molecule is O=S(=O)([O-])c1cc2ccccc2cc1Cc1cc2ccccc2cc1S(=O)(=O)[O-].[Na+].[Na+]. The van der Waals surface area contributed by atoms with E-state index in [1.165, 1.54) is 24.3 Å². The fourth-order valence-electron chi connectivity index (χ4n) is 3.48. The minimum absolute atomic E-state index is 0. The van der Waals surface area contributed by atoms with Gasteiger partial charge in [-0.15, -0.1) is 0 Å². The van der Waals surface area contributed by atoms with Crippen LogP contribution < -0.4 is 59.1 Å². The first-order chi connectivity index (χ1) is 13.6. The molecular formula is C21H14Na2O6S2. The summed E-state index contributed by atoms with van der Waals surface area (Å²) in [7, 11) is -9.63. The molecule has 0 saturated carbocycles. The van der Waals surface area contributed by atoms with E-state index in [0.717, 1.165) is 0 Å². The molecule has 0 amide bonds. The number of fused-ring (bicyclic) bond motifs is 2. The van der Waals surface area contributed by atoms with E-state index < -0.39 is 30.0 Å². The van der Waals surface area contributed by atoms with E-state index in [1.807, 2.05) is 0 Å². The molecular weight excluding hydrogens is 458 g/mol. The van der Waals surface area contributed by atoms with Gasteiger partial charge >= 0.3 is 59.1 Å². The second-order valence-corrected chi connectivity index (χ2v) is 9.40. The Hall–Kier alpha value is -0.780. The van der Waals surface area contributed by atoms with Gasteiger partial charge in [-0.3, -0.25) is 0 Å². The maximum Gasteiger partial charge on any atom is 1.00 e. The van der Waals surface area contributed by atoms with Crippen LogP contribution in [0.25, 0.3) is 21.5 Å². The number of hydrogen-bond acceptors (Lipinski definition) is 6. The van der Waals surface area contributed by atoms with Crippen molar-refractivity contribution in [2.24, 2.45) is 0 Å². The summed E-state index contributed by atoms with van der Waals surface area (Å²) in [4.78, 5) is -0.864. The molecule has 31 heavy (non-hydrogen) atoms. The van der Waals surface area contributed by atoms with E-state index in [2.05, 4.69) is 0 Å². The Morgan fingerprint density at radius 3 is 1.13 bits per heavy atom. The molecule has 4 aromatic carbocycles. The van der Waals surface area contributed by atoms with Gasteiger partial charge in [-0.05, 0) is 63.4 Å². The molecule has 0 spiro atoms. The summed E-state index contributed by atoms with van der Waals surface area (Å²) < 4.78 is 71.1. The number of benzene rings is 4. The van der Waals surface area contributed by atoms with Crippen molar-refractivity contribution in [2.75, 3.05) is 0 Å². The second kappa shape index (κ2) is 10.0. The van der Waals surface area contributed by atoms with Crippen molar-refractivity contribution >= 4 is 41.8 Å². The molecule has 0 atom stereocenters. The summed E-state index contributed by atoms with van der Waals surface area (Å²) in [5, 5.41) is 2.53. The third kappa shape index (κ3) is 5.78. The van der Waals surface area contributed by atoms with Gasteiger partial charge in [0.1, 0.15) is 20.2 Å². The van der Waals surface area contributed by atoms with Gasteiger partial charge in [0.2, 0.25) is 0 Å². The summed E-state index contributed by atoms with van der Waals surface area (Å²) >= 11 is 0. The summed E-state index contributed by atoms with van der Waals surface area (Å²) in [6.45, 7) is 0. The Morgan fingerprint density at radius 1 is 0.548 bits per heavy atom. The van der Waals surface area contributed by atoms with Gasteiger partial charge < -0.3 is 9.11 Å². The third-order valence-corrected chi connectivity index (χ3v) is 6.61. The Bertz CT molecular complexity index is 1370. The Kier molecular flexibility index (Phi) is 8.55. The molecule has 0 saturated heterocycles. The van der Waals surface area contributed by atoms with Gasteiger partial charge in [0.15, 0.2) is 0 Å². The predicted molar refractivity (Wildman–Crippen MR) is 107 cm³/mol. The molecule has 4 rings (SSSR count). The molecule has 0 N–H and O–H groups in total. The van der Waals surface area contributed by atoms with Gasteiger partial charge in [-0.25, -0.2) is 16.8 Å². The minimum atomic E-state index is -4.81. The largest absolute Gasteiger partial charge is 1.00 e. The normalized spacial score (nSPS) is 11.7. The maximum atomic E-state index is 11.8. The zero-order valence-corrected chi connectivity index (χ0v) is 22.5. The topological polar surface area (TPSA) is 114 Å². The van der Waals surface area contributed by atoms with E-state index in [9.17, 15) is 25.9 Å². The Morgan fingerprint density at radius 2 is 0.839 bits per heavy atom. The first-order valence-corrected chi connectivity index (χ1v) is 11.4. The van der Waals surface area contributed by atoms with Gasteiger partial charge in [-0.1, -0.05) is 48.5 Å². The van der Waals surface area contributed by atoms with Crippen molar-refractivity contribution < 1.29 is 85.1 Å². The summed E-state index contributed by atoms with van der Waals surface area (Å²) in [5.41, 5.74) is 0.276. The monoisotopic (exact) mass is 472 g/mol. The zero-order chi connectivity index (χ0) is 20.8. The standard InChI is InChI=1S/C21H16O6S2.2Na/c22-28(23,24)20-12-16-7-3-1-5-14(16)9-18(20)11-19-10-15-6-2-4-8-17(15)13-21(19)29(25,26)27;;/h1-10,12-13H,11H2,(H,22,23,24)(H,25,26,27);;/q;2*+1/p-2. The van der Waals surface area contributed by atoms with Crippen LogP contribution in [-0.2, 0) is 26.7 Å². The van der Waals surface area contributed by atoms with Crippen molar-refractivity contribution in [2.45, 2.75) is 16.2 Å². The molecule has 0 bridgehead atoms. The van der Waals surface area contributed by atoms with Crippen LogP contribution >= 0.6 is 0 Å². The van der Waals surface area contributed by atoms with Gasteiger partial charge in [-0.2, -0.15) is 0 Å². The van der Waals surface area contributed by atoms with Crippen LogP contribution in [0.15, 0.2) is 82.6 Å². The molecule has 0 aliphatic rings. The third-order valence-electron chi connectivity index (χ3n) is 4.78. The summed E-state index contributed by atoms with van der Waals surface area (Å²) in [6.07, 6.45) is -0.191. The fraction of sp³-hybridized carbons (Fsp3) is 0.0476. The molecule has 0 aliphatic carbocycles. The van der Waals surface area contributed by atoms with Crippen molar-refractivity contribution in [3.63, 3.8) is 0 Å². The molecule has 4 aromatic rings. The second-order valence-electron chi connectivity index (χ2n) is 6.70. The molecule has 10 heteroatoms. The molecule has 0 fully saturated rings. The van der Waals surface area contributed by atoms with Crippen LogP contribution in [0.1, 0.15) is 11.1 Å². The van der Waals surface area contributed by atoms with E-state index in [4.69, 9.17) is 0 Å². The quantitative estimate of drug-likeness (QED) is 0.238. The van der Waals surface area contributed by atoms with Gasteiger partial charge in [0, 0.05) is 0 Å². The van der Waals surface area contributed by atoms with Crippen LogP contribution in [0.2, 0.25) is 0 Å². The van der Waals surface area contributed by atoms with Crippen molar-refractivity contribution in [1.82, 2.24) is 0 Å². The van der Waals surface area contributed by atoms with Crippen LogP contribution in [0.4, 0.5) is 0 Å².